The van der Waals surface area contributed by atoms with Gasteiger partial charge in [0, 0.05) is 38.1 Å². The predicted octanol–water partition coefficient (Wildman–Crippen LogP) is 2.61. The molecule has 0 unspecified atom stereocenters. The van der Waals surface area contributed by atoms with Gasteiger partial charge in [0.2, 0.25) is 5.95 Å². The molecule has 1 heterocycles. The molecule has 0 aliphatic rings. The quantitative estimate of drug-likeness (QED) is 0.784. The fraction of sp³-hybridized carbons (Fsp3) is 0.333. The molecule has 6 heteroatoms. The van der Waals surface area contributed by atoms with E-state index in [9.17, 15) is 0 Å². The zero-order valence-corrected chi connectivity index (χ0v) is 12.9. The average Bonchev–Trinajstić information content (AvgIpc) is 2.40. The lowest BCUT2D eigenvalue weighted by Crippen LogP contribution is -2.10. The molecule has 0 spiro atoms. The summed E-state index contributed by atoms with van der Waals surface area (Å²) in [6.45, 7) is 4.88. The van der Waals surface area contributed by atoms with E-state index < -0.39 is 0 Å². The molecule has 0 atom stereocenters. The van der Waals surface area contributed by atoms with Crippen molar-refractivity contribution in [3.63, 3.8) is 0 Å². The van der Waals surface area contributed by atoms with E-state index in [0.29, 0.717) is 11.6 Å². The maximum Gasteiger partial charge on any atom is 0.223 e. The molecule has 112 valence electrons. The van der Waals surface area contributed by atoms with Gasteiger partial charge in [-0.3, -0.25) is 0 Å². The SMILES string of the molecule is CCNc1cc(Nc2ccc(C)c(N(C)C)c2)nc(N)n1. The Kier molecular flexibility index (Phi) is 4.47. The highest BCUT2D eigenvalue weighted by molar-refractivity contribution is 5.67. The Labute approximate surface area is 125 Å². The Morgan fingerprint density at radius 3 is 2.52 bits per heavy atom. The van der Waals surface area contributed by atoms with Gasteiger partial charge in [-0.25, -0.2) is 0 Å². The van der Waals surface area contributed by atoms with Gasteiger partial charge >= 0.3 is 0 Å². The lowest BCUT2D eigenvalue weighted by atomic mass is 10.1. The molecule has 0 amide bonds. The molecular weight excluding hydrogens is 264 g/mol. The number of nitrogens with zero attached hydrogens (tertiary/aromatic N) is 3. The van der Waals surface area contributed by atoms with Crippen LogP contribution in [0.3, 0.4) is 0 Å². The first-order valence-corrected chi connectivity index (χ1v) is 6.93. The number of hydrogen-bond acceptors (Lipinski definition) is 6. The molecule has 0 aliphatic heterocycles. The number of hydrogen-bond donors (Lipinski definition) is 3. The third kappa shape index (κ3) is 3.75. The van der Waals surface area contributed by atoms with E-state index >= 15 is 0 Å². The summed E-state index contributed by atoms with van der Waals surface area (Å²) in [6.07, 6.45) is 0. The van der Waals surface area contributed by atoms with Crippen molar-refractivity contribution in [2.45, 2.75) is 13.8 Å². The van der Waals surface area contributed by atoms with Crippen molar-refractivity contribution in [2.24, 2.45) is 0 Å². The fourth-order valence-electron chi connectivity index (χ4n) is 2.12. The van der Waals surface area contributed by atoms with Gasteiger partial charge in [0.25, 0.3) is 0 Å². The highest BCUT2D eigenvalue weighted by Gasteiger charge is 2.05. The molecule has 0 saturated carbocycles. The Morgan fingerprint density at radius 1 is 1.14 bits per heavy atom. The van der Waals surface area contributed by atoms with E-state index in [-0.39, 0.29) is 5.95 Å². The van der Waals surface area contributed by atoms with Crippen molar-refractivity contribution < 1.29 is 0 Å². The van der Waals surface area contributed by atoms with Crippen LogP contribution < -0.4 is 21.3 Å². The summed E-state index contributed by atoms with van der Waals surface area (Å²) in [7, 11) is 4.05. The highest BCUT2D eigenvalue weighted by Crippen LogP contribution is 2.25. The second-order valence-corrected chi connectivity index (χ2v) is 5.05. The van der Waals surface area contributed by atoms with E-state index in [1.807, 2.05) is 33.2 Å². The van der Waals surface area contributed by atoms with E-state index in [4.69, 9.17) is 5.73 Å². The summed E-state index contributed by atoms with van der Waals surface area (Å²) in [5.41, 5.74) is 9.08. The standard InChI is InChI=1S/C15H22N6/c1-5-17-13-9-14(20-15(16)19-13)18-11-7-6-10(2)12(8-11)21(3)4/h6-9H,5H2,1-4H3,(H4,16,17,18,19,20). The number of nitrogens with two attached hydrogens (primary N) is 1. The lowest BCUT2D eigenvalue weighted by Gasteiger charge is -2.17. The normalized spacial score (nSPS) is 10.3. The molecule has 0 fully saturated rings. The lowest BCUT2D eigenvalue weighted by molar-refractivity contribution is 1.11. The van der Waals surface area contributed by atoms with Crippen molar-refractivity contribution >= 4 is 29.0 Å². The summed E-state index contributed by atoms with van der Waals surface area (Å²) < 4.78 is 0. The summed E-state index contributed by atoms with van der Waals surface area (Å²) >= 11 is 0. The Bertz CT molecular complexity index is 624. The minimum Gasteiger partial charge on any atom is -0.377 e. The van der Waals surface area contributed by atoms with E-state index in [2.05, 4.69) is 44.6 Å². The third-order valence-corrected chi connectivity index (χ3v) is 3.06. The molecule has 4 N–H and O–H groups in total. The molecular formula is C15H22N6. The van der Waals surface area contributed by atoms with Crippen molar-refractivity contribution in [1.82, 2.24) is 9.97 Å². The van der Waals surface area contributed by atoms with Gasteiger partial charge < -0.3 is 21.3 Å². The number of nitrogens with one attached hydrogen (secondary N) is 2. The van der Waals surface area contributed by atoms with Crippen LogP contribution in [0.15, 0.2) is 24.3 Å². The van der Waals surface area contributed by atoms with Crippen LogP contribution in [0.4, 0.5) is 29.0 Å². The Morgan fingerprint density at radius 2 is 1.86 bits per heavy atom. The van der Waals surface area contributed by atoms with Crippen LogP contribution in [0.5, 0.6) is 0 Å². The third-order valence-electron chi connectivity index (χ3n) is 3.06. The first kappa shape index (κ1) is 14.9. The van der Waals surface area contributed by atoms with E-state index in [1.54, 1.807) is 0 Å². The zero-order chi connectivity index (χ0) is 15.4. The van der Waals surface area contributed by atoms with Gasteiger partial charge in [0.1, 0.15) is 11.6 Å². The van der Waals surface area contributed by atoms with Gasteiger partial charge in [-0.1, -0.05) is 6.07 Å². The molecule has 0 aliphatic carbocycles. The van der Waals surface area contributed by atoms with Crippen molar-refractivity contribution in [2.75, 3.05) is 41.9 Å². The van der Waals surface area contributed by atoms with Crippen molar-refractivity contribution in [3.8, 4) is 0 Å². The maximum atomic E-state index is 5.74. The van der Waals surface area contributed by atoms with Crippen LogP contribution in [-0.4, -0.2) is 30.6 Å². The molecule has 0 radical (unpaired) electrons. The highest BCUT2D eigenvalue weighted by atomic mass is 15.1. The molecule has 1 aromatic carbocycles. The van der Waals surface area contributed by atoms with Crippen molar-refractivity contribution in [1.29, 1.82) is 0 Å². The Hall–Kier alpha value is -2.50. The summed E-state index contributed by atoms with van der Waals surface area (Å²) in [5, 5.41) is 6.40. The molecule has 0 saturated heterocycles. The van der Waals surface area contributed by atoms with Gasteiger partial charge in [-0.2, -0.15) is 9.97 Å². The summed E-state index contributed by atoms with van der Waals surface area (Å²) in [5.74, 6) is 1.63. The molecule has 0 bridgehead atoms. The van der Waals surface area contributed by atoms with Gasteiger partial charge in [-0.05, 0) is 31.5 Å². The zero-order valence-electron chi connectivity index (χ0n) is 12.9. The predicted molar refractivity (Wildman–Crippen MR) is 89.4 cm³/mol. The van der Waals surface area contributed by atoms with Gasteiger partial charge in [0.05, 0.1) is 0 Å². The number of aromatic nitrogens is 2. The van der Waals surface area contributed by atoms with Crippen LogP contribution in [0.1, 0.15) is 12.5 Å². The number of anilines is 5. The van der Waals surface area contributed by atoms with Gasteiger partial charge in [-0.15, -0.1) is 0 Å². The average molecular weight is 286 g/mol. The minimum atomic E-state index is 0.246. The van der Waals surface area contributed by atoms with Crippen LogP contribution in [-0.2, 0) is 0 Å². The molecule has 2 aromatic rings. The minimum absolute atomic E-state index is 0.246. The maximum absolute atomic E-state index is 5.74. The smallest absolute Gasteiger partial charge is 0.223 e. The number of benzene rings is 1. The van der Waals surface area contributed by atoms with Crippen LogP contribution in [0.25, 0.3) is 0 Å². The largest absolute Gasteiger partial charge is 0.377 e. The van der Waals surface area contributed by atoms with Crippen molar-refractivity contribution in [3.05, 3.63) is 29.8 Å². The number of aryl methyl sites for hydroxylation is 1. The molecule has 6 nitrogen and oxygen atoms in total. The second-order valence-electron chi connectivity index (χ2n) is 5.05. The number of nitrogen functional groups attached to an aromatic ring is 1. The van der Waals surface area contributed by atoms with Crippen LogP contribution in [0.2, 0.25) is 0 Å². The summed E-state index contributed by atoms with van der Waals surface area (Å²) in [4.78, 5) is 10.4. The molecule has 1 aromatic heterocycles. The van der Waals surface area contributed by atoms with Crippen LogP contribution in [0, 0.1) is 6.92 Å². The fourth-order valence-corrected chi connectivity index (χ4v) is 2.12. The first-order valence-electron chi connectivity index (χ1n) is 6.93. The monoisotopic (exact) mass is 286 g/mol. The van der Waals surface area contributed by atoms with E-state index in [1.165, 1.54) is 5.56 Å². The summed E-state index contributed by atoms with van der Waals surface area (Å²) in [6, 6.07) is 8.02. The Balaban J connectivity index is 2.27. The van der Waals surface area contributed by atoms with Gasteiger partial charge in [0.15, 0.2) is 0 Å². The number of rotatable bonds is 5. The second kappa shape index (κ2) is 6.30. The first-order chi connectivity index (χ1) is 9.99. The molecule has 21 heavy (non-hydrogen) atoms. The van der Waals surface area contributed by atoms with Crippen LogP contribution >= 0.6 is 0 Å². The topological polar surface area (TPSA) is 79.1 Å². The van der Waals surface area contributed by atoms with E-state index in [0.717, 1.165) is 17.9 Å². The molecule has 2 rings (SSSR count).